The van der Waals surface area contributed by atoms with E-state index in [-0.39, 0.29) is 23.1 Å². The van der Waals surface area contributed by atoms with Gasteiger partial charge in [-0.05, 0) is 61.6 Å². The SMILES string of the molecule is O=C(NCC1(c2cccc(Cl)c2)CCOCC1)c1cccc(NC(=O)C2CCCCC2)c1. The second-order valence-corrected chi connectivity index (χ2v) is 9.43. The summed E-state index contributed by atoms with van der Waals surface area (Å²) in [6.07, 6.45) is 6.97. The number of hydrogen-bond donors (Lipinski definition) is 2. The highest BCUT2D eigenvalue weighted by molar-refractivity contribution is 6.30. The zero-order chi connectivity index (χ0) is 22.4. The number of halogens is 1. The van der Waals surface area contributed by atoms with Gasteiger partial charge in [-0.3, -0.25) is 9.59 Å². The molecule has 2 fully saturated rings. The molecule has 6 heteroatoms. The largest absolute Gasteiger partial charge is 0.381 e. The maximum atomic E-state index is 13.0. The fraction of sp³-hybridized carbons (Fsp3) is 0.462. The first kappa shape index (κ1) is 22.8. The van der Waals surface area contributed by atoms with Gasteiger partial charge in [-0.25, -0.2) is 0 Å². The molecule has 0 bridgehead atoms. The Morgan fingerprint density at radius 2 is 1.75 bits per heavy atom. The van der Waals surface area contributed by atoms with E-state index in [9.17, 15) is 9.59 Å². The van der Waals surface area contributed by atoms with Crippen molar-refractivity contribution >= 4 is 29.1 Å². The minimum atomic E-state index is -0.203. The number of hydrogen-bond acceptors (Lipinski definition) is 3. The molecule has 32 heavy (non-hydrogen) atoms. The zero-order valence-electron chi connectivity index (χ0n) is 18.4. The molecule has 5 nitrogen and oxygen atoms in total. The molecule has 1 heterocycles. The monoisotopic (exact) mass is 454 g/mol. The predicted octanol–water partition coefficient (Wildman–Crippen LogP) is 5.34. The van der Waals surface area contributed by atoms with Gasteiger partial charge in [0.25, 0.3) is 5.91 Å². The summed E-state index contributed by atoms with van der Waals surface area (Å²) >= 11 is 6.25. The van der Waals surface area contributed by atoms with Crippen molar-refractivity contribution < 1.29 is 14.3 Å². The molecule has 2 amide bonds. The minimum Gasteiger partial charge on any atom is -0.381 e. The summed E-state index contributed by atoms with van der Waals surface area (Å²) in [7, 11) is 0. The highest BCUT2D eigenvalue weighted by Crippen LogP contribution is 2.35. The van der Waals surface area contributed by atoms with E-state index in [1.165, 1.54) is 6.42 Å². The molecule has 2 N–H and O–H groups in total. The van der Waals surface area contributed by atoms with Gasteiger partial charge in [-0.15, -0.1) is 0 Å². The van der Waals surface area contributed by atoms with Crippen molar-refractivity contribution in [1.29, 1.82) is 0 Å². The minimum absolute atomic E-state index is 0.0596. The Morgan fingerprint density at radius 3 is 2.50 bits per heavy atom. The van der Waals surface area contributed by atoms with Crippen molar-refractivity contribution in [3.63, 3.8) is 0 Å². The Hall–Kier alpha value is -2.37. The van der Waals surface area contributed by atoms with Gasteiger partial charge in [0, 0.05) is 47.4 Å². The van der Waals surface area contributed by atoms with Gasteiger partial charge in [0.1, 0.15) is 0 Å². The lowest BCUT2D eigenvalue weighted by molar-refractivity contribution is -0.120. The van der Waals surface area contributed by atoms with E-state index in [1.54, 1.807) is 12.1 Å². The summed E-state index contributed by atoms with van der Waals surface area (Å²) in [5.41, 5.74) is 2.14. The normalized spacial score (nSPS) is 18.7. The predicted molar refractivity (Wildman–Crippen MR) is 127 cm³/mol. The lowest BCUT2D eigenvalue weighted by atomic mass is 9.74. The third-order valence-corrected chi connectivity index (χ3v) is 7.08. The van der Waals surface area contributed by atoms with E-state index in [2.05, 4.69) is 16.7 Å². The van der Waals surface area contributed by atoms with Crippen molar-refractivity contribution in [1.82, 2.24) is 5.32 Å². The maximum absolute atomic E-state index is 13.0. The van der Waals surface area contributed by atoms with Crippen LogP contribution in [0.1, 0.15) is 60.9 Å². The first-order valence-electron chi connectivity index (χ1n) is 11.6. The number of anilines is 1. The number of rotatable bonds is 6. The first-order chi connectivity index (χ1) is 15.6. The molecule has 0 atom stereocenters. The Labute approximate surface area is 194 Å². The number of ether oxygens (including phenoxy) is 1. The van der Waals surface area contributed by atoms with Crippen LogP contribution in [0.2, 0.25) is 5.02 Å². The van der Waals surface area contributed by atoms with Crippen LogP contribution in [0.3, 0.4) is 0 Å². The third-order valence-electron chi connectivity index (χ3n) is 6.84. The molecule has 170 valence electrons. The summed E-state index contributed by atoms with van der Waals surface area (Å²) < 4.78 is 5.58. The Morgan fingerprint density at radius 1 is 1.00 bits per heavy atom. The van der Waals surface area contributed by atoms with Crippen LogP contribution in [0.15, 0.2) is 48.5 Å². The van der Waals surface area contributed by atoms with Crippen molar-refractivity contribution in [2.75, 3.05) is 25.1 Å². The fourth-order valence-corrected chi connectivity index (χ4v) is 5.04. The molecule has 0 aromatic heterocycles. The van der Waals surface area contributed by atoms with E-state index in [0.29, 0.717) is 36.0 Å². The van der Waals surface area contributed by atoms with Crippen LogP contribution in [0, 0.1) is 5.92 Å². The lowest BCUT2D eigenvalue weighted by Gasteiger charge is -2.38. The van der Waals surface area contributed by atoms with Crippen LogP contribution < -0.4 is 10.6 Å². The summed E-state index contributed by atoms with van der Waals surface area (Å²) in [5, 5.41) is 6.82. The molecule has 4 rings (SSSR count). The van der Waals surface area contributed by atoms with Crippen LogP contribution in [0.5, 0.6) is 0 Å². The standard InChI is InChI=1S/C26H31ClN2O3/c27-22-10-5-9-21(17-22)26(12-14-32-15-13-26)18-28-24(30)20-8-4-11-23(16-20)29-25(31)19-6-2-1-3-7-19/h4-5,8-11,16-17,19H,1-3,6-7,12-15,18H2,(H,28,30)(H,29,31). The third kappa shape index (κ3) is 5.51. The Kier molecular flexibility index (Phi) is 7.48. The van der Waals surface area contributed by atoms with Gasteiger partial charge in [-0.1, -0.05) is 49.1 Å². The molecule has 0 unspecified atom stereocenters. The topological polar surface area (TPSA) is 67.4 Å². The summed E-state index contributed by atoms with van der Waals surface area (Å²) in [5.74, 6) is -0.0108. The van der Waals surface area contributed by atoms with Crippen molar-refractivity contribution in [3.05, 3.63) is 64.7 Å². The summed E-state index contributed by atoms with van der Waals surface area (Å²) in [6.45, 7) is 1.82. The van der Waals surface area contributed by atoms with E-state index in [4.69, 9.17) is 16.3 Å². The van der Waals surface area contributed by atoms with Crippen LogP contribution in [0.25, 0.3) is 0 Å². The number of nitrogens with one attached hydrogen (secondary N) is 2. The van der Waals surface area contributed by atoms with Gasteiger partial charge < -0.3 is 15.4 Å². The number of benzene rings is 2. The Bertz CT molecular complexity index is 950. The van der Waals surface area contributed by atoms with Crippen LogP contribution in [-0.4, -0.2) is 31.6 Å². The maximum Gasteiger partial charge on any atom is 0.251 e. The molecule has 0 radical (unpaired) electrons. The van der Waals surface area contributed by atoms with Crippen molar-refractivity contribution in [2.24, 2.45) is 5.92 Å². The molecule has 2 aromatic rings. The van der Waals surface area contributed by atoms with Crippen LogP contribution in [-0.2, 0) is 14.9 Å². The van der Waals surface area contributed by atoms with Crippen LogP contribution in [0.4, 0.5) is 5.69 Å². The van der Waals surface area contributed by atoms with E-state index in [0.717, 1.165) is 44.1 Å². The molecule has 1 saturated carbocycles. The highest BCUT2D eigenvalue weighted by atomic mass is 35.5. The average Bonchev–Trinajstić information content (AvgIpc) is 2.84. The molecule has 0 spiro atoms. The van der Waals surface area contributed by atoms with E-state index in [1.807, 2.05) is 30.3 Å². The lowest BCUT2D eigenvalue weighted by Crippen LogP contribution is -2.44. The van der Waals surface area contributed by atoms with Crippen molar-refractivity contribution in [2.45, 2.75) is 50.4 Å². The average molecular weight is 455 g/mol. The smallest absolute Gasteiger partial charge is 0.251 e. The molecule has 1 saturated heterocycles. The molecular formula is C26H31ClN2O3. The summed E-state index contributed by atoms with van der Waals surface area (Å²) in [4.78, 5) is 25.6. The van der Waals surface area contributed by atoms with Crippen molar-refractivity contribution in [3.8, 4) is 0 Å². The molecule has 1 aliphatic carbocycles. The van der Waals surface area contributed by atoms with E-state index < -0.39 is 0 Å². The quantitative estimate of drug-likeness (QED) is 0.619. The van der Waals surface area contributed by atoms with Crippen LogP contribution >= 0.6 is 11.6 Å². The summed E-state index contributed by atoms with van der Waals surface area (Å²) in [6, 6.07) is 15.1. The molecule has 2 aromatic carbocycles. The fourth-order valence-electron chi connectivity index (χ4n) is 4.85. The Balaban J connectivity index is 1.42. The van der Waals surface area contributed by atoms with Gasteiger partial charge in [-0.2, -0.15) is 0 Å². The molecule has 2 aliphatic rings. The zero-order valence-corrected chi connectivity index (χ0v) is 19.1. The second-order valence-electron chi connectivity index (χ2n) is 8.99. The second kappa shape index (κ2) is 10.5. The van der Waals surface area contributed by atoms with E-state index >= 15 is 0 Å². The number of carbonyl (C=O) groups excluding carboxylic acids is 2. The molecular weight excluding hydrogens is 424 g/mol. The van der Waals surface area contributed by atoms with Gasteiger partial charge >= 0.3 is 0 Å². The first-order valence-corrected chi connectivity index (χ1v) is 12.0. The van der Waals surface area contributed by atoms with Gasteiger partial charge in [0.05, 0.1) is 0 Å². The number of amides is 2. The van der Waals surface area contributed by atoms with Gasteiger partial charge in [0.2, 0.25) is 5.91 Å². The molecule has 1 aliphatic heterocycles. The number of carbonyl (C=O) groups is 2. The van der Waals surface area contributed by atoms with Gasteiger partial charge in [0.15, 0.2) is 0 Å². The highest BCUT2D eigenvalue weighted by Gasteiger charge is 2.35.